The lowest BCUT2D eigenvalue weighted by molar-refractivity contribution is -0.143. The van der Waals surface area contributed by atoms with Crippen LogP contribution in [0.15, 0.2) is 4.99 Å². The van der Waals surface area contributed by atoms with Crippen LogP contribution >= 0.6 is 0 Å². The quantitative estimate of drug-likeness (QED) is 0.0867. The molecule has 27 heavy (non-hydrogen) atoms. The third-order valence-electron chi connectivity index (χ3n) is 3.38. The summed E-state index contributed by atoms with van der Waals surface area (Å²) in [6, 6.07) is -3.91. The molecule has 0 spiro atoms. The van der Waals surface area contributed by atoms with Crippen molar-refractivity contribution in [2.24, 2.45) is 22.2 Å². The van der Waals surface area contributed by atoms with Crippen LogP contribution in [0.5, 0.6) is 0 Å². The summed E-state index contributed by atoms with van der Waals surface area (Å²) in [4.78, 5) is 49.3. The van der Waals surface area contributed by atoms with Gasteiger partial charge in [0.2, 0.25) is 11.8 Å². The summed E-state index contributed by atoms with van der Waals surface area (Å²) in [6.45, 7) is -0.541. The predicted octanol–water partition coefficient (Wildman–Crippen LogP) is -3.72. The summed E-state index contributed by atoms with van der Waals surface area (Å²) < 4.78 is 0. The maximum Gasteiger partial charge on any atom is 0.326 e. The zero-order chi connectivity index (χ0) is 21.0. The van der Waals surface area contributed by atoms with Gasteiger partial charge in [-0.1, -0.05) is 0 Å². The molecule has 0 heterocycles. The zero-order valence-electron chi connectivity index (χ0n) is 14.6. The Morgan fingerprint density at radius 2 is 1.56 bits per heavy atom. The molecule has 0 aliphatic heterocycles. The second-order valence-electron chi connectivity index (χ2n) is 5.63. The van der Waals surface area contributed by atoms with Gasteiger partial charge < -0.3 is 43.2 Å². The average Bonchev–Trinajstić information content (AvgIpc) is 2.58. The lowest BCUT2D eigenvalue weighted by Crippen LogP contribution is -2.55. The Morgan fingerprint density at radius 3 is 2.04 bits per heavy atom. The van der Waals surface area contributed by atoms with Gasteiger partial charge in [-0.25, -0.2) is 4.79 Å². The van der Waals surface area contributed by atoms with E-state index >= 15 is 0 Å². The molecule has 0 saturated carbocycles. The van der Waals surface area contributed by atoms with E-state index in [-0.39, 0.29) is 25.3 Å². The molecule has 11 N–H and O–H groups in total. The first-order chi connectivity index (χ1) is 12.6. The number of carbonyl (C=O) groups is 4. The third kappa shape index (κ3) is 10.6. The van der Waals surface area contributed by atoms with Crippen molar-refractivity contribution < 1.29 is 34.5 Å². The number of carbonyl (C=O) groups excluding carboxylic acids is 2. The molecule has 0 aliphatic carbocycles. The molecule has 0 aromatic rings. The highest BCUT2D eigenvalue weighted by molar-refractivity contribution is 5.91. The minimum atomic E-state index is -1.48. The van der Waals surface area contributed by atoms with Crippen molar-refractivity contribution >= 4 is 29.7 Å². The van der Waals surface area contributed by atoms with Gasteiger partial charge in [-0.3, -0.25) is 19.4 Å². The number of aliphatic hydroxyl groups is 1. The molecular formula is C14H26N6O7. The van der Waals surface area contributed by atoms with Crippen molar-refractivity contribution in [3.63, 3.8) is 0 Å². The van der Waals surface area contributed by atoms with E-state index in [0.717, 1.165) is 0 Å². The maximum absolute atomic E-state index is 12.0. The number of amides is 2. The second-order valence-corrected chi connectivity index (χ2v) is 5.63. The molecule has 0 bridgehead atoms. The molecule has 2 amide bonds. The highest BCUT2D eigenvalue weighted by Crippen LogP contribution is 2.00. The van der Waals surface area contributed by atoms with Crippen molar-refractivity contribution in [2.45, 2.75) is 43.8 Å². The van der Waals surface area contributed by atoms with Gasteiger partial charge in [-0.15, -0.1) is 0 Å². The monoisotopic (exact) mass is 390 g/mol. The normalized spacial score (nSPS) is 13.7. The minimum absolute atomic E-state index is 0.0964. The van der Waals surface area contributed by atoms with Gasteiger partial charge in [0.05, 0.1) is 12.6 Å². The lowest BCUT2D eigenvalue weighted by atomic mass is 10.1. The largest absolute Gasteiger partial charge is 0.481 e. The first-order valence-electron chi connectivity index (χ1n) is 8.05. The predicted molar refractivity (Wildman–Crippen MR) is 93.3 cm³/mol. The van der Waals surface area contributed by atoms with Crippen molar-refractivity contribution in [3.05, 3.63) is 0 Å². The summed E-state index contributed by atoms with van der Waals surface area (Å²) in [6.07, 6.45) is -0.224. The van der Waals surface area contributed by atoms with Crippen LogP contribution in [0.3, 0.4) is 0 Å². The number of guanidine groups is 1. The molecule has 3 atom stereocenters. The van der Waals surface area contributed by atoms with Gasteiger partial charge in [0.1, 0.15) is 12.1 Å². The Kier molecular flexibility index (Phi) is 11.1. The highest BCUT2D eigenvalue weighted by atomic mass is 16.4. The van der Waals surface area contributed by atoms with E-state index in [9.17, 15) is 24.3 Å². The fourth-order valence-corrected chi connectivity index (χ4v) is 1.92. The summed E-state index contributed by atoms with van der Waals surface area (Å²) in [5.41, 5.74) is 16.0. The van der Waals surface area contributed by atoms with E-state index in [4.69, 9.17) is 27.4 Å². The third-order valence-corrected chi connectivity index (χ3v) is 3.38. The van der Waals surface area contributed by atoms with Gasteiger partial charge in [-0.2, -0.15) is 0 Å². The molecule has 3 unspecified atom stereocenters. The first-order valence-corrected chi connectivity index (χ1v) is 8.05. The van der Waals surface area contributed by atoms with Crippen LogP contribution in [0.2, 0.25) is 0 Å². The Balaban J connectivity index is 4.63. The maximum atomic E-state index is 12.0. The van der Waals surface area contributed by atoms with Crippen LogP contribution < -0.4 is 27.8 Å². The Bertz CT molecular complexity index is 564. The molecular weight excluding hydrogens is 364 g/mol. The van der Waals surface area contributed by atoms with E-state index in [1.807, 2.05) is 0 Å². The first kappa shape index (κ1) is 24.1. The SMILES string of the molecule is NC(N)=NCCCC(N)C(=O)NC(CO)C(=O)NC(CCC(=O)O)C(=O)O. The number of aliphatic carboxylic acids is 2. The fourth-order valence-electron chi connectivity index (χ4n) is 1.92. The van der Waals surface area contributed by atoms with Gasteiger partial charge in [0.25, 0.3) is 0 Å². The number of nitrogens with two attached hydrogens (primary N) is 3. The average molecular weight is 390 g/mol. The number of hydrogen-bond donors (Lipinski definition) is 8. The molecule has 0 aromatic heterocycles. The van der Waals surface area contributed by atoms with Crippen molar-refractivity contribution in [1.29, 1.82) is 0 Å². The van der Waals surface area contributed by atoms with Crippen molar-refractivity contribution in [2.75, 3.05) is 13.2 Å². The number of carboxylic acids is 2. The molecule has 13 nitrogen and oxygen atoms in total. The number of aliphatic imine (C=N–C) groups is 1. The van der Waals surface area contributed by atoms with Gasteiger partial charge in [0.15, 0.2) is 5.96 Å². The van der Waals surface area contributed by atoms with Crippen LogP contribution in [0.1, 0.15) is 25.7 Å². The summed E-state index contributed by atoms with van der Waals surface area (Å²) >= 11 is 0. The minimum Gasteiger partial charge on any atom is -0.481 e. The molecule has 0 radical (unpaired) electrons. The number of nitrogens with zero attached hydrogens (tertiary/aromatic N) is 1. The number of carboxylic acid groups (broad SMARTS) is 2. The van der Waals surface area contributed by atoms with Crippen LogP contribution in [0.4, 0.5) is 0 Å². The van der Waals surface area contributed by atoms with E-state index in [1.165, 1.54) is 0 Å². The summed E-state index contributed by atoms with van der Waals surface area (Å²) in [5.74, 6) is -4.47. The van der Waals surface area contributed by atoms with Crippen molar-refractivity contribution in [3.8, 4) is 0 Å². The topological polar surface area (TPSA) is 243 Å². The molecule has 0 aromatic carbocycles. The Labute approximate surface area is 155 Å². The molecule has 0 rings (SSSR count). The van der Waals surface area contributed by atoms with Gasteiger partial charge in [-0.05, 0) is 19.3 Å². The molecule has 0 aliphatic rings. The van der Waals surface area contributed by atoms with E-state index in [2.05, 4.69) is 15.6 Å². The standard InChI is InChI=1S/C14H26N6O7/c15-7(2-1-5-18-14(16)17)11(24)20-9(6-21)12(25)19-8(13(26)27)3-4-10(22)23/h7-9,21H,1-6,15H2,(H,19,25)(H,20,24)(H,22,23)(H,26,27)(H4,16,17,18). The Hall–Kier alpha value is -2.93. The smallest absolute Gasteiger partial charge is 0.326 e. The Morgan fingerprint density at radius 1 is 0.963 bits per heavy atom. The molecule has 13 heteroatoms. The van der Waals surface area contributed by atoms with Gasteiger partial charge >= 0.3 is 11.9 Å². The number of nitrogens with one attached hydrogen (secondary N) is 2. The second kappa shape index (κ2) is 12.4. The van der Waals surface area contributed by atoms with Crippen molar-refractivity contribution in [1.82, 2.24) is 10.6 Å². The molecule has 0 fully saturated rings. The molecule has 154 valence electrons. The van der Waals surface area contributed by atoms with E-state index in [1.54, 1.807) is 0 Å². The van der Waals surface area contributed by atoms with E-state index < -0.39 is 54.9 Å². The zero-order valence-corrected chi connectivity index (χ0v) is 14.6. The van der Waals surface area contributed by atoms with Crippen LogP contribution in [-0.2, 0) is 19.2 Å². The van der Waals surface area contributed by atoms with Crippen LogP contribution in [0.25, 0.3) is 0 Å². The number of hydrogen-bond acceptors (Lipinski definition) is 7. The fraction of sp³-hybridized carbons (Fsp3) is 0.643. The lowest BCUT2D eigenvalue weighted by Gasteiger charge is -2.21. The summed E-state index contributed by atoms with van der Waals surface area (Å²) in [7, 11) is 0. The highest BCUT2D eigenvalue weighted by Gasteiger charge is 2.27. The number of aliphatic hydroxyl groups excluding tert-OH is 1. The van der Waals surface area contributed by atoms with Crippen LogP contribution in [-0.4, -0.2) is 76.3 Å². The summed E-state index contributed by atoms with van der Waals surface area (Å²) in [5, 5.41) is 31.1. The number of rotatable bonds is 13. The van der Waals surface area contributed by atoms with Gasteiger partial charge in [0, 0.05) is 13.0 Å². The van der Waals surface area contributed by atoms with Crippen LogP contribution in [0, 0.1) is 0 Å². The molecule has 0 saturated heterocycles. The van der Waals surface area contributed by atoms with E-state index in [0.29, 0.717) is 6.42 Å².